The summed E-state index contributed by atoms with van der Waals surface area (Å²) in [5.74, 6) is -1.58. The Kier molecular flexibility index (Phi) is 5.30. The molecule has 1 aliphatic heterocycles. The average molecular weight is 382 g/mol. The zero-order valence-corrected chi connectivity index (χ0v) is 15.2. The molecule has 1 fully saturated rings. The fourth-order valence-electron chi connectivity index (χ4n) is 2.60. The van der Waals surface area contributed by atoms with Crippen molar-refractivity contribution in [3.63, 3.8) is 0 Å². The SMILES string of the molecule is COc1cc(/C=C2/C(=O)NN(c3ccccc3)C2=O)ccc1O[C@@H](C)C(=O)O. The molecule has 1 saturated heterocycles. The number of ether oxygens (including phenoxy) is 2. The summed E-state index contributed by atoms with van der Waals surface area (Å²) in [4.78, 5) is 35.8. The zero-order chi connectivity index (χ0) is 20.3. The van der Waals surface area contributed by atoms with Crippen LogP contribution in [0.25, 0.3) is 6.08 Å². The molecular weight excluding hydrogens is 364 g/mol. The minimum Gasteiger partial charge on any atom is -0.493 e. The first-order valence-electron chi connectivity index (χ1n) is 8.40. The van der Waals surface area contributed by atoms with E-state index in [-0.39, 0.29) is 17.1 Å². The van der Waals surface area contributed by atoms with Crippen molar-refractivity contribution in [2.24, 2.45) is 0 Å². The number of carboxylic acids is 1. The number of carbonyl (C=O) groups is 3. The van der Waals surface area contributed by atoms with E-state index in [0.29, 0.717) is 11.3 Å². The number of rotatable bonds is 6. The average Bonchev–Trinajstić information content (AvgIpc) is 2.97. The molecule has 144 valence electrons. The largest absolute Gasteiger partial charge is 0.493 e. The minimum absolute atomic E-state index is 0.0292. The van der Waals surface area contributed by atoms with Gasteiger partial charge in [-0.25, -0.2) is 9.80 Å². The quantitative estimate of drug-likeness (QED) is 0.585. The lowest BCUT2D eigenvalue weighted by atomic mass is 10.1. The molecule has 0 aromatic heterocycles. The molecule has 2 aromatic rings. The number of carboxylic acid groups (broad SMARTS) is 1. The van der Waals surface area contributed by atoms with Crippen LogP contribution in [0, 0.1) is 0 Å². The van der Waals surface area contributed by atoms with Gasteiger partial charge in [0.05, 0.1) is 12.8 Å². The number of nitrogens with one attached hydrogen (secondary N) is 1. The molecule has 2 N–H and O–H groups in total. The summed E-state index contributed by atoms with van der Waals surface area (Å²) in [7, 11) is 1.41. The Labute approximate surface area is 160 Å². The molecule has 8 nitrogen and oxygen atoms in total. The van der Waals surface area contributed by atoms with Gasteiger partial charge in [-0.05, 0) is 42.8 Å². The Morgan fingerprint density at radius 2 is 1.86 bits per heavy atom. The number of aliphatic carboxylic acids is 1. The van der Waals surface area contributed by atoms with Crippen molar-refractivity contribution < 1.29 is 29.0 Å². The Morgan fingerprint density at radius 1 is 1.14 bits per heavy atom. The molecule has 3 rings (SSSR count). The Hall–Kier alpha value is -3.81. The number of methoxy groups -OCH3 is 1. The third-order valence-electron chi connectivity index (χ3n) is 4.06. The summed E-state index contributed by atoms with van der Waals surface area (Å²) < 4.78 is 10.6. The Balaban J connectivity index is 1.87. The standard InChI is InChI=1S/C20H18N2O6/c1-12(20(25)26)28-16-9-8-13(11-17(16)27-2)10-15-18(23)21-22(19(15)24)14-6-4-3-5-7-14/h3-12H,1-2H3,(H,21,23)(H,25,26)/b15-10-/t12-/m0/s1. The van der Waals surface area contributed by atoms with Crippen molar-refractivity contribution in [1.29, 1.82) is 0 Å². The second kappa shape index (κ2) is 7.83. The summed E-state index contributed by atoms with van der Waals surface area (Å²) in [6, 6.07) is 13.4. The van der Waals surface area contributed by atoms with Gasteiger partial charge in [-0.1, -0.05) is 24.3 Å². The van der Waals surface area contributed by atoms with Gasteiger partial charge in [0.15, 0.2) is 17.6 Å². The maximum Gasteiger partial charge on any atom is 0.344 e. The molecule has 8 heteroatoms. The van der Waals surface area contributed by atoms with Crippen molar-refractivity contribution in [3.05, 3.63) is 59.7 Å². The number of amides is 2. The molecule has 0 aliphatic carbocycles. The van der Waals surface area contributed by atoms with Crippen molar-refractivity contribution in [2.75, 3.05) is 12.1 Å². The van der Waals surface area contributed by atoms with E-state index in [1.165, 1.54) is 31.2 Å². The van der Waals surface area contributed by atoms with E-state index in [1.807, 2.05) is 6.07 Å². The molecule has 0 saturated carbocycles. The van der Waals surface area contributed by atoms with Gasteiger partial charge in [0.1, 0.15) is 5.57 Å². The lowest BCUT2D eigenvalue weighted by Crippen LogP contribution is -2.35. The number of benzene rings is 2. The Morgan fingerprint density at radius 3 is 2.50 bits per heavy atom. The lowest BCUT2D eigenvalue weighted by Gasteiger charge is -2.14. The van der Waals surface area contributed by atoms with Gasteiger partial charge in [0.25, 0.3) is 11.8 Å². The second-order valence-corrected chi connectivity index (χ2v) is 5.98. The van der Waals surface area contributed by atoms with E-state index < -0.39 is 23.9 Å². The molecule has 0 unspecified atom stereocenters. The summed E-state index contributed by atoms with van der Waals surface area (Å²) in [5, 5.41) is 10.1. The van der Waals surface area contributed by atoms with E-state index in [4.69, 9.17) is 14.6 Å². The van der Waals surface area contributed by atoms with Gasteiger partial charge < -0.3 is 14.6 Å². The van der Waals surface area contributed by atoms with Crippen LogP contribution in [0.15, 0.2) is 54.1 Å². The van der Waals surface area contributed by atoms with Crippen molar-refractivity contribution in [1.82, 2.24) is 5.43 Å². The summed E-state index contributed by atoms with van der Waals surface area (Å²) in [5.41, 5.74) is 3.57. The molecule has 0 radical (unpaired) electrons. The maximum atomic E-state index is 12.6. The third-order valence-corrected chi connectivity index (χ3v) is 4.06. The highest BCUT2D eigenvalue weighted by atomic mass is 16.5. The monoisotopic (exact) mass is 382 g/mol. The van der Waals surface area contributed by atoms with E-state index in [9.17, 15) is 14.4 Å². The zero-order valence-electron chi connectivity index (χ0n) is 15.2. The predicted molar refractivity (Wildman–Crippen MR) is 101 cm³/mol. The number of hydrazine groups is 1. The number of carbonyl (C=O) groups excluding carboxylic acids is 2. The van der Waals surface area contributed by atoms with Crippen molar-refractivity contribution >= 4 is 29.5 Å². The van der Waals surface area contributed by atoms with E-state index in [0.717, 1.165) is 0 Å². The highest BCUT2D eigenvalue weighted by Crippen LogP contribution is 2.30. The fraction of sp³-hybridized carbons (Fsp3) is 0.150. The smallest absolute Gasteiger partial charge is 0.344 e. The lowest BCUT2D eigenvalue weighted by molar-refractivity contribution is -0.144. The van der Waals surface area contributed by atoms with Crippen LogP contribution in [0.2, 0.25) is 0 Å². The van der Waals surface area contributed by atoms with Crippen LogP contribution in [0.3, 0.4) is 0 Å². The van der Waals surface area contributed by atoms with Crippen LogP contribution < -0.4 is 19.9 Å². The fourth-order valence-corrected chi connectivity index (χ4v) is 2.60. The number of anilines is 1. The van der Waals surface area contributed by atoms with Crippen LogP contribution in [-0.2, 0) is 14.4 Å². The number of para-hydroxylation sites is 1. The van der Waals surface area contributed by atoms with Crippen molar-refractivity contribution in [2.45, 2.75) is 13.0 Å². The van der Waals surface area contributed by atoms with Crippen LogP contribution in [0.4, 0.5) is 5.69 Å². The van der Waals surface area contributed by atoms with Gasteiger partial charge in [-0.3, -0.25) is 15.0 Å². The Bertz CT molecular complexity index is 954. The van der Waals surface area contributed by atoms with E-state index in [1.54, 1.807) is 36.4 Å². The maximum absolute atomic E-state index is 12.6. The van der Waals surface area contributed by atoms with Gasteiger partial charge in [-0.15, -0.1) is 0 Å². The van der Waals surface area contributed by atoms with Gasteiger partial charge >= 0.3 is 5.97 Å². The highest BCUT2D eigenvalue weighted by molar-refractivity contribution is 6.31. The van der Waals surface area contributed by atoms with E-state index in [2.05, 4.69) is 5.43 Å². The molecule has 1 aliphatic rings. The summed E-state index contributed by atoms with van der Waals surface area (Å²) >= 11 is 0. The van der Waals surface area contributed by atoms with Crippen LogP contribution >= 0.6 is 0 Å². The number of nitrogens with zero attached hydrogens (tertiary/aromatic N) is 1. The minimum atomic E-state index is -1.11. The first-order valence-corrected chi connectivity index (χ1v) is 8.40. The molecule has 1 atom stereocenters. The van der Waals surface area contributed by atoms with Gasteiger partial charge in [-0.2, -0.15) is 0 Å². The third kappa shape index (κ3) is 3.80. The van der Waals surface area contributed by atoms with Gasteiger partial charge in [0, 0.05) is 0 Å². The van der Waals surface area contributed by atoms with Gasteiger partial charge in [0.2, 0.25) is 0 Å². The normalized spacial score (nSPS) is 16.1. The summed E-state index contributed by atoms with van der Waals surface area (Å²) in [6.45, 7) is 1.40. The molecule has 0 spiro atoms. The first-order chi connectivity index (χ1) is 13.4. The number of hydrogen-bond donors (Lipinski definition) is 2. The molecular formula is C20H18N2O6. The van der Waals surface area contributed by atoms with Crippen LogP contribution in [0.5, 0.6) is 11.5 Å². The molecule has 0 bridgehead atoms. The number of hydrogen-bond acceptors (Lipinski definition) is 5. The molecule has 28 heavy (non-hydrogen) atoms. The highest BCUT2D eigenvalue weighted by Gasteiger charge is 2.34. The summed E-state index contributed by atoms with van der Waals surface area (Å²) in [6.07, 6.45) is 0.382. The topological polar surface area (TPSA) is 105 Å². The first kappa shape index (κ1) is 19.0. The van der Waals surface area contributed by atoms with Crippen molar-refractivity contribution in [3.8, 4) is 11.5 Å². The van der Waals surface area contributed by atoms with E-state index >= 15 is 0 Å². The van der Waals surface area contributed by atoms with Crippen LogP contribution in [0.1, 0.15) is 12.5 Å². The van der Waals surface area contributed by atoms with Crippen LogP contribution in [-0.4, -0.2) is 36.1 Å². The second-order valence-electron chi connectivity index (χ2n) is 5.98. The predicted octanol–water partition coefficient (Wildman–Crippen LogP) is 2.01. The molecule has 1 heterocycles. The molecule has 2 aromatic carbocycles. The molecule has 2 amide bonds.